The maximum absolute atomic E-state index is 11.5. The number of hydrogen-bond acceptors (Lipinski definition) is 2. The predicted octanol–water partition coefficient (Wildman–Crippen LogP) is 7.90. The van der Waals surface area contributed by atoms with E-state index in [0.717, 1.165) is 25.7 Å². The molecule has 1 atom stereocenters. The van der Waals surface area contributed by atoms with E-state index in [9.17, 15) is 9.90 Å². The van der Waals surface area contributed by atoms with Gasteiger partial charge < -0.3 is 5.11 Å². The molecule has 1 aliphatic carbocycles. The molecule has 27 heavy (non-hydrogen) atoms. The van der Waals surface area contributed by atoms with E-state index in [4.69, 9.17) is 0 Å². The molecule has 1 saturated carbocycles. The van der Waals surface area contributed by atoms with Crippen molar-refractivity contribution in [3.63, 3.8) is 0 Å². The van der Waals surface area contributed by atoms with Crippen LogP contribution in [-0.4, -0.2) is 16.5 Å². The molecular weight excluding hydrogens is 332 g/mol. The van der Waals surface area contributed by atoms with Gasteiger partial charge in [0.25, 0.3) is 0 Å². The summed E-state index contributed by atoms with van der Waals surface area (Å²) in [6, 6.07) is 0. The second kappa shape index (κ2) is 16.6. The number of Topliss-reactive ketones (excluding diaryl/α,β-unsaturated/α-hetero) is 1. The van der Waals surface area contributed by atoms with Crippen LogP contribution in [0.15, 0.2) is 0 Å². The standard InChI is InChI=1S/C25H48O2/c1-2-3-4-5-6-7-8-9-10-11-12-13-14-15-16-17-18-21-25(27)22-19-20-24(26)23-25/h27H,2-23H2,1H3. The van der Waals surface area contributed by atoms with Gasteiger partial charge in [-0.25, -0.2) is 0 Å². The fourth-order valence-electron chi connectivity index (χ4n) is 4.55. The molecule has 0 bridgehead atoms. The van der Waals surface area contributed by atoms with Crippen molar-refractivity contribution in [2.45, 2.75) is 154 Å². The molecule has 0 aromatic carbocycles. The summed E-state index contributed by atoms with van der Waals surface area (Å²) in [4.78, 5) is 11.5. The van der Waals surface area contributed by atoms with Crippen LogP contribution >= 0.6 is 0 Å². The zero-order valence-electron chi connectivity index (χ0n) is 18.4. The van der Waals surface area contributed by atoms with Gasteiger partial charge in [0.2, 0.25) is 0 Å². The lowest BCUT2D eigenvalue weighted by atomic mass is 9.80. The smallest absolute Gasteiger partial charge is 0.135 e. The van der Waals surface area contributed by atoms with Gasteiger partial charge in [-0.05, 0) is 19.3 Å². The lowest BCUT2D eigenvalue weighted by Crippen LogP contribution is -2.35. The van der Waals surface area contributed by atoms with Crippen LogP contribution in [0.4, 0.5) is 0 Å². The maximum Gasteiger partial charge on any atom is 0.135 e. The molecule has 0 radical (unpaired) electrons. The minimum atomic E-state index is -0.662. The molecular formula is C25H48O2. The minimum absolute atomic E-state index is 0.260. The zero-order valence-corrected chi connectivity index (χ0v) is 18.4. The van der Waals surface area contributed by atoms with E-state index in [1.54, 1.807) is 0 Å². The fraction of sp³-hybridized carbons (Fsp3) is 0.960. The van der Waals surface area contributed by atoms with Gasteiger partial charge in [-0.1, -0.05) is 116 Å². The first kappa shape index (κ1) is 24.7. The first-order valence-electron chi connectivity index (χ1n) is 12.4. The third-order valence-corrected chi connectivity index (χ3v) is 6.37. The van der Waals surface area contributed by atoms with Crippen LogP contribution in [0.1, 0.15) is 148 Å². The van der Waals surface area contributed by atoms with Crippen molar-refractivity contribution in [1.29, 1.82) is 0 Å². The van der Waals surface area contributed by atoms with Gasteiger partial charge >= 0.3 is 0 Å². The van der Waals surface area contributed by atoms with E-state index in [2.05, 4.69) is 6.92 Å². The average Bonchev–Trinajstić information content (AvgIpc) is 2.64. The van der Waals surface area contributed by atoms with Crippen LogP contribution in [0.2, 0.25) is 0 Å². The van der Waals surface area contributed by atoms with Crippen molar-refractivity contribution in [2.24, 2.45) is 0 Å². The Morgan fingerprint density at radius 3 is 1.52 bits per heavy atom. The first-order valence-corrected chi connectivity index (χ1v) is 12.4. The topological polar surface area (TPSA) is 37.3 Å². The van der Waals surface area contributed by atoms with E-state index >= 15 is 0 Å². The number of rotatable bonds is 18. The fourth-order valence-corrected chi connectivity index (χ4v) is 4.55. The second-order valence-corrected chi connectivity index (χ2v) is 9.20. The van der Waals surface area contributed by atoms with Crippen molar-refractivity contribution in [1.82, 2.24) is 0 Å². The third kappa shape index (κ3) is 14.3. The molecule has 1 rings (SSSR count). The number of carbonyl (C=O) groups is 1. The highest BCUT2D eigenvalue weighted by Gasteiger charge is 2.32. The van der Waals surface area contributed by atoms with Gasteiger partial charge in [0.1, 0.15) is 5.78 Å². The maximum atomic E-state index is 11.5. The van der Waals surface area contributed by atoms with Crippen LogP contribution in [0.3, 0.4) is 0 Å². The Balaban J connectivity index is 1.75. The molecule has 1 N–H and O–H groups in total. The summed E-state index contributed by atoms with van der Waals surface area (Å²) in [7, 11) is 0. The molecule has 1 aliphatic rings. The van der Waals surface area contributed by atoms with E-state index in [1.165, 1.54) is 103 Å². The average molecular weight is 381 g/mol. The summed E-state index contributed by atoms with van der Waals surface area (Å²) in [6.45, 7) is 2.29. The number of aliphatic hydroxyl groups is 1. The van der Waals surface area contributed by atoms with Gasteiger partial charge in [-0.15, -0.1) is 0 Å². The molecule has 0 spiro atoms. The first-order chi connectivity index (χ1) is 13.2. The summed E-state index contributed by atoms with van der Waals surface area (Å²) >= 11 is 0. The summed E-state index contributed by atoms with van der Waals surface area (Å²) in [5.41, 5.74) is -0.662. The Morgan fingerprint density at radius 2 is 1.11 bits per heavy atom. The molecule has 0 aromatic rings. The van der Waals surface area contributed by atoms with E-state index in [0.29, 0.717) is 12.8 Å². The van der Waals surface area contributed by atoms with Gasteiger partial charge in [0.15, 0.2) is 0 Å². The number of ketones is 1. The summed E-state index contributed by atoms with van der Waals surface area (Å²) in [5.74, 6) is 0.260. The van der Waals surface area contributed by atoms with Crippen molar-refractivity contribution < 1.29 is 9.90 Å². The molecule has 2 nitrogen and oxygen atoms in total. The molecule has 0 amide bonds. The molecule has 1 fully saturated rings. The molecule has 0 aliphatic heterocycles. The molecule has 1 unspecified atom stereocenters. The van der Waals surface area contributed by atoms with Gasteiger partial charge in [-0.3, -0.25) is 4.79 Å². The number of hydrogen-bond donors (Lipinski definition) is 1. The molecule has 160 valence electrons. The Bertz CT molecular complexity index is 352. The van der Waals surface area contributed by atoms with Crippen LogP contribution < -0.4 is 0 Å². The SMILES string of the molecule is CCCCCCCCCCCCCCCCCCCC1(O)CCCC(=O)C1. The van der Waals surface area contributed by atoms with Gasteiger partial charge in [-0.2, -0.15) is 0 Å². The summed E-state index contributed by atoms with van der Waals surface area (Å²) in [5, 5.41) is 10.4. The van der Waals surface area contributed by atoms with Crippen molar-refractivity contribution >= 4 is 5.78 Å². The predicted molar refractivity (Wildman–Crippen MR) is 117 cm³/mol. The van der Waals surface area contributed by atoms with Gasteiger partial charge in [0, 0.05) is 12.8 Å². The molecule has 0 saturated heterocycles. The Kier molecular flexibility index (Phi) is 15.1. The highest BCUT2D eigenvalue weighted by Crippen LogP contribution is 2.30. The minimum Gasteiger partial charge on any atom is -0.389 e. The highest BCUT2D eigenvalue weighted by atomic mass is 16.3. The molecule has 0 aromatic heterocycles. The Labute approximate surface area is 169 Å². The Hall–Kier alpha value is -0.370. The third-order valence-electron chi connectivity index (χ3n) is 6.37. The lowest BCUT2D eigenvalue weighted by molar-refractivity contribution is -0.128. The van der Waals surface area contributed by atoms with Crippen LogP contribution in [0, 0.1) is 0 Å². The van der Waals surface area contributed by atoms with Gasteiger partial charge in [0.05, 0.1) is 5.60 Å². The number of unbranched alkanes of at least 4 members (excludes halogenated alkanes) is 16. The van der Waals surface area contributed by atoms with Crippen LogP contribution in [-0.2, 0) is 4.79 Å². The quantitative estimate of drug-likeness (QED) is 0.245. The zero-order chi connectivity index (χ0) is 19.6. The summed E-state index contributed by atoms with van der Waals surface area (Å²) in [6.07, 6.45) is 27.1. The van der Waals surface area contributed by atoms with Crippen molar-refractivity contribution in [2.75, 3.05) is 0 Å². The van der Waals surface area contributed by atoms with E-state index in [1.807, 2.05) is 0 Å². The Morgan fingerprint density at radius 1 is 0.704 bits per heavy atom. The number of carbonyl (C=O) groups excluding carboxylic acids is 1. The normalized spacial score (nSPS) is 20.3. The largest absolute Gasteiger partial charge is 0.389 e. The van der Waals surface area contributed by atoms with E-state index in [-0.39, 0.29) is 5.78 Å². The second-order valence-electron chi connectivity index (χ2n) is 9.20. The summed E-state index contributed by atoms with van der Waals surface area (Å²) < 4.78 is 0. The van der Waals surface area contributed by atoms with Crippen molar-refractivity contribution in [3.05, 3.63) is 0 Å². The van der Waals surface area contributed by atoms with Crippen LogP contribution in [0.25, 0.3) is 0 Å². The molecule has 2 heteroatoms. The van der Waals surface area contributed by atoms with E-state index < -0.39 is 5.60 Å². The monoisotopic (exact) mass is 380 g/mol. The van der Waals surface area contributed by atoms with Crippen molar-refractivity contribution in [3.8, 4) is 0 Å². The highest BCUT2D eigenvalue weighted by molar-refractivity contribution is 5.80. The lowest BCUT2D eigenvalue weighted by Gasteiger charge is -2.31. The molecule has 0 heterocycles. The van der Waals surface area contributed by atoms with Crippen LogP contribution in [0.5, 0.6) is 0 Å².